The third kappa shape index (κ3) is 2.97. The van der Waals surface area contributed by atoms with Crippen LogP contribution in [0.2, 0.25) is 0 Å². The summed E-state index contributed by atoms with van der Waals surface area (Å²) in [5.74, 6) is 0. The van der Waals surface area contributed by atoms with E-state index in [1.54, 1.807) is 0 Å². The van der Waals surface area contributed by atoms with E-state index in [1.807, 2.05) is 0 Å². The Morgan fingerprint density at radius 1 is 0.864 bits per heavy atom. The maximum Gasteiger partial charge on any atom is 0.0350 e. The summed E-state index contributed by atoms with van der Waals surface area (Å²) in [6.45, 7) is 8.08. The fourth-order valence-electron chi connectivity index (χ4n) is 5.22. The van der Waals surface area contributed by atoms with Crippen molar-refractivity contribution in [3.8, 4) is 0 Å². The van der Waals surface area contributed by atoms with Gasteiger partial charge in [-0.05, 0) is 83.4 Å². The second-order valence-electron chi connectivity index (χ2n) is 8.44. The van der Waals surface area contributed by atoms with Crippen LogP contribution in [0.4, 0.5) is 0 Å². The molecular weight excluding hydrogens is 290 g/mol. The lowest BCUT2D eigenvalue weighted by Crippen LogP contribution is -2.65. The van der Waals surface area contributed by atoms with Gasteiger partial charge in [0.15, 0.2) is 0 Å². The van der Waals surface area contributed by atoms with E-state index >= 15 is 0 Å². The van der Waals surface area contributed by atoms with E-state index in [9.17, 15) is 0 Å². The highest BCUT2D eigenvalue weighted by atomic mass is 32.2. The molecule has 126 valence electrons. The normalized spacial score (nSPS) is 33.0. The topological polar surface area (TPSA) is 9.72 Å². The van der Waals surface area contributed by atoms with Gasteiger partial charge in [0.25, 0.3) is 0 Å². The minimum atomic E-state index is 0.765. The number of rotatable bonds is 3. The summed E-state index contributed by atoms with van der Waals surface area (Å²) in [5.41, 5.74) is 0.765. The molecule has 1 saturated carbocycles. The first-order valence-corrected chi connectivity index (χ1v) is 10.7. The summed E-state index contributed by atoms with van der Waals surface area (Å²) in [6.07, 6.45) is 11.1. The van der Waals surface area contributed by atoms with Crippen molar-refractivity contribution in [1.82, 2.24) is 14.7 Å². The van der Waals surface area contributed by atoms with E-state index in [0.717, 1.165) is 22.7 Å². The molecule has 4 aliphatic rings. The van der Waals surface area contributed by atoms with Gasteiger partial charge in [0.05, 0.1) is 0 Å². The molecule has 22 heavy (non-hydrogen) atoms. The van der Waals surface area contributed by atoms with Gasteiger partial charge in [0.2, 0.25) is 0 Å². The van der Waals surface area contributed by atoms with Gasteiger partial charge < -0.3 is 4.90 Å². The van der Waals surface area contributed by atoms with Crippen LogP contribution in [0.25, 0.3) is 0 Å². The lowest BCUT2D eigenvalue weighted by molar-refractivity contribution is -0.0480. The average Bonchev–Trinajstić information content (AvgIpc) is 2.46. The first-order valence-electron chi connectivity index (χ1n) is 9.37. The van der Waals surface area contributed by atoms with Crippen molar-refractivity contribution >= 4 is 11.8 Å². The molecule has 0 radical (unpaired) electrons. The molecule has 4 heteroatoms. The molecule has 0 N–H and O–H groups in total. The molecule has 0 atom stereocenters. The SMILES string of the molecule is CSC1CC2(CCN(C3CN(C4CCN(C)CC4)C3)CC2)C1. The van der Waals surface area contributed by atoms with Crippen molar-refractivity contribution in [3.05, 3.63) is 0 Å². The third-order valence-corrected chi connectivity index (χ3v) is 8.12. The van der Waals surface area contributed by atoms with Gasteiger partial charge in [-0.2, -0.15) is 11.8 Å². The highest BCUT2D eigenvalue weighted by Crippen LogP contribution is 2.53. The predicted octanol–water partition coefficient (Wildman–Crippen LogP) is 2.37. The molecular formula is C18H33N3S. The van der Waals surface area contributed by atoms with Crippen molar-refractivity contribution < 1.29 is 0 Å². The van der Waals surface area contributed by atoms with E-state index in [-0.39, 0.29) is 0 Å². The van der Waals surface area contributed by atoms with Gasteiger partial charge in [-0.3, -0.25) is 9.80 Å². The van der Waals surface area contributed by atoms with Crippen LogP contribution in [0.1, 0.15) is 38.5 Å². The van der Waals surface area contributed by atoms with Crippen molar-refractivity contribution in [2.45, 2.75) is 55.9 Å². The fourth-order valence-corrected chi connectivity index (χ4v) is 6.26. The van der Waals surface area contributed by atoms with Crippen LogP contribution in [-0.4, -0.2) is 84.6 Å². The van der Waals surface area contributed by atoms with E-state index in [4.69, 9.17) is 0 Å². The van der Waals surface area contributed by atoms with Crippen molar-refractivity contribution in [1.29, 1.82) is 0 Å². The minimum absolute atomic E-state index is 0.765. The van der Waals surface area contributed by atoms with Gasteiger partial charge in [-0.25, -0.2) is 0 Å². The second kappa shape index (κ2) is 6.27. The first-order chi connectivity index (χ1) is 10.7. The molecule has 3 heterocycles. The maximum absolute atomic E-state index is 2.82. The molecule has 3 nitrogen and oxygen atoms in total. The molecule has 4 fully saturated rings. The summed E-state index contributed by atoms with van der Waals surface area (Å²) in [6, 6.07) is 1.77. The van der Waals surface area contributed by atoms with Gasteiger partial charge in [0.1, 0.15) is 0 Å². The quantitative estimate of drug-likeness (QED) is 0.788. The van der Waals surface area contributed by atoms with E-state index in [1.165, 1.54) is 77.8 Å². The zero-order valence-corrected chi connectivity index (χ0v) is 15.3. The summed E-state index contributed by atoms with van der Waals surface area (Å²) < 4.78 is 0. The summed E-state index contributed by atoms with van der Waals surface area (Å²) in [4.78, 5) is 8.08. The van der Waals surface area contributed by atoms with E-state index in [2.05, 4.69) is 39.8 Å². The standard InChI is InChI=1S/C18H33N3S/c1-19-7-3-15(4-8-19)21-13-16(14-21)20-9-5-18(6-10-20)11-17(12-18)22-2/h15-17H,3-14H2,1-2H3. The molecule has 1 aliphatic carbocycles. The third-order valence-electron chi connectivity index (χ3n) is 7.12. The summed E-state index contributed by atoms with van der Waals surface area (Å²) >= 11 is 2.09. The highest BCUT2D eigenvalue weighted by molar-refractivity contribution is 7.99. The predicted molar refractivity (Wildman–Crippen MR) is 95.7 cm³/mol. The molecule has 0 aromatic rings. The summed E-state index contributed by atoms with van der Waals surface area (Å²) in [5, 5.41) is 0.982. The van der Waals surface area contributed by atoms with Gasteiger partial charge in [-0.15, -0.1) is 0 Å². The lowest BCUT2D eigenvalue weighted by Gasteiger charge is -2.56. The van der Waals surface area contributed by atoms with Crippen LogP contribution in [0, 0.1) is 5.41 Å². The lowest BCUT2D eigenvalue weighted by atomic mass is 9.62. The van der Waals surface area contributed by atoms with Crippen LogP contribution < -0.4 is 0 Å². The Morgan fingerprint density at radius 3 is 2.09 bits per heavy atom. The first kappa shape index (κ1) is 15.7. The monoisotopic (exact) mass is 323 g/mol. The number of likely N-dealkylation sites (tertiary alicyclic amines) is 3. The van der Waals surface area contributed by atoms with Crippen LogP contribution in [-0.2, 0) is 0 Å². The molecule has 0 bridgehead atoms. The molecule has 0 aromatic carbocycles. The molecule has 0 amide bonds. The van der Waals surface area contributed by atoms with E-state index in [0.29, 0.717) is 0 Å². The Morgan fingerprint density at radius 2 is 1.50 bits per heavy atom. The van der Waals surface area contributed by atoms with Crippen molar-refractivity contribution in [2.75, 3.05) is 52.6 Å². The van der Waals surface area contributed by atoms with Crippen molar-refractivity contribution in [2.24, 2.45) is 5.41 Å². The van der Waals surface area contributed by atoms with Crippen LogP contribution >= 0.6 is 11.8 Å². The average molecular weight is 324 g/mol. The Labute approximate surface area is 140 Å². The van der Waals surface area contributed by atoms with Gasteiger partial charge in [-0.1, -0.05) is 0 Å². The fraction of sp³-hybridized carbons (Fsp3) is 1.00. The number of hydrogen-bond donors (Lipinski definition) is 0. The number of piperidine rings is 2. The number of hydrogen-bond acceptors (Lipinski definition) is 4. The Hall–Kier alpha value is 0.230. The van der Waals surface area contributed by atoms with Gasteiger partial charge >= 0.3 is 0 Å². The minimum Gasteiger partial charge on any atom is -0.306 e. The van der Waals surface area contributed by atoms with Crippen LogP contribution in [0.3, 0.4) is 0 Å². The largest absolute Gasteiger partial charge is 0.306 e. The van der Waals surface area contributed by atoms with Crippen molar-refractivity contribution in [3.63, 3.8) is 0 Å². The molecule has 1 spiro atoms. The maximum atomic E-state index is 2.82. The Kier molecular flexibility index (Phi) is 4.48. The highest BCUT2D eigenvalue weighted by Gasteiger charge is 2.47. The molecule has 0 unspecified atom stereocenters. The number of nitrogens with zero attached hydrogens (tertiary/aromatic N) is 3. The molecule has 4 rings (SSSR count). The molecule has 3 saturated heterocycles. The van der Waals surface area contributed by atoms with Gasteiger partial charge in [0, 0.05) is 30.4 Å². The Balaban J connectivity index is 1.19. The summed E-state index contributed by atoms with van der Waals surface area (Å²) in [7, 11) is 2.26. The van der Waals surface area contributed by atoms with E-state index < -0.39 is 0 Å². The van der Waals surface area contributed by atoms with Crippen LogP contribution in [0.15, 0.2) is 0 Å². The molecule has 0 aromatic heterocycles. The molecule has 3 aliphatic heterocycles. The van der Waals surface area contributed by atoms with Crippen LogP contribution in [0.5, 0.6) is 0 Å². The zero-order chi connectivity index (χ0) is 15.2. The number of thioether (sulfide) groups is 1. The Bertz CT molecular complexity index is 372. The smallest absolute Gasteiger partial charge is 0.0350 e. The zero-order valence-electron chi connectivity index (χ0n) is 14.5. The second-order valence-corrected chi connectivity index (χ2v) is 9.58.